The number of para-hydroxylation sites is 1. The number of rotatable bonds is 4. The molecule has 50 heavy (non-hydrogen) atoms. The Morgan fingerprint density at radius 2 is 1.30 bits per heavy atom. The Balaban J connectivity index is 1.28. The summed E-state index contributed by atoms with van der Waals surface area (Å²) in [6, 6.07) is 34.5. The molecule has 0 aliphatic carbocycles. The molecule has 5 heterocycles. The van der Waals surface area contributed by atoms with E-state index in [1.165, 1.54) is 55.7 Å². The van der Waals surface area contributed by atoms with Crippen molar-refractivity contribution in [1.82, 2.24) is 18.5 Å². The van der Waals surface area contributed by atoms with Gasteiger partial charge in [0.1, 0.15) is 11.5 Å². The maximum absolute atomic E-state index is 4.92. The lowest BCUT2D eigenvalue weighted by molar-refractivity contribution is 0.157. The van der Waals surface area contributed by atoms with Crippen LogP contribution in [-0.2, 0) is 16.2 Å². The minimum atomic E-state index is -0.0110. The van der Waals surface area contributed by atoms with Crippen LogP contribution >= 0.6 is 0 Å². The van der Waals surface area contributed by atoms with Gasteiger partial charge in [0.05, 0.1) is 24.7 Å². The summed E-state index contributed by atoms with van der Waals surface area (Å²) < 4.78 is 3.99. The first kappa shape index (κ1) is 32.7. The second-order valence-electron chi connectivity index (χ2n) is 18.1. The first-order valence-electron chi connectivity index (χ1n) is 18.0. The van der Waals surface area contributed by atoms with Gasteiger partial charge in [-0.25, -0.2) is 4.98 Å². The topological polar surface area (TPSA) is 21.1 Å². The van der Waals surface area contributed by atoms with Gasteiger partial charge in [0.15, 0.2) is 18.0 Å². The molecule has 0 N–H and O–H groups in total. The van der Waals surface area contributed by atoms with Crippen LogP contribution in [0.25, 0.3) is 27.6 Å². The van der Waals surface area contributed by atoms with E-state index in [2.05, 4.69) is 184 Å². The number of quaternary nitrogens is 2. The standard InChI is InChI=1S/C45H52N5/c1-43(2,3)30-16-19-40-41(24-30)50(28-49(40,11)29-50)35-23-32(45(7,8)9)22-34(26-35)47(10)33-17-18-37-36-14-12-13-15-38(36)48(39(37)27-33)42-25-31(20-21-46-42)44(4,5)6/h12-28H,29H2,1-11H3/q+1/t49-,50+/m0/s1. The van der Waals surface area contributed by atoms with E-state index in [1.54, 1.807) is 0 Å². The fourth-order valence-corrected chi connectivity index (χ4v) is 8.20. The third-order valence-electron chi connectivity index (χ3n) is 11.3. The van der Waals surface area contributed by atoms with Gasteiger partial charge in [-0.2, -0.15) is 0 Å². The van der Waals surface area contributed by atoms with Crippen LogP contribution in [0, 0.1) is 6.67 Å². The molecule has 0 amide bonds. The third-order valence-corrected chi connectivity index (χ3v) is 11.3. The van der Waals surface area contributed by atoms with Gasteiger partial charge in [-0.15, -0.1) is 0 Å². The van der Waals surface area contributed by atoms with Gasteiger partial charge in [-0.05, 0) is 69.3 Å². The number of benzene rings is 4. The van der Waals surface area contributed by atoms with E-state index in [4.69, 9.17) is 4.98 Å². The summed E-state index contributed by atoms with van der Waals surface area (Å²) in [7, 11) is 4.56. The smallest absolute Gasteiger partial charge is 0.181 e. The average Bonchev–Trinajstić information content (AvgIpc) is 3.61. The molecule has 3 aliphatic rings. The van der Waals surface area contributed by atoms with Gasteiger partial charge in [0.2, 0.25) is 0 Å². The van der Waals surface area contributed by atoms with E-state index in [1.807, 2.05) is 6.20 Å². The van der Waals surface area contributed by atoms with Crippen LogP contribution in [0.5, 0.6) is 0 Å². The van der Waals surface area contributed by atoms with Crippen LogP contribution in [-0.4, -0.2) is 30.3 Å². The SMILES string of the molecule is CN(c1cc(C(C)(C)C)cc([N@@+]23[CH-][N@@+](C)(C2)c2ccc(C(C)(C)C)cc23)c1)c1ccc2c3ccccc3n(-c3cc(C(C)(C)C)ccn3)c2c1. The summed E-state index contributed by atoms with van der Waals surface area (Å²) in [6.07, 6.45) is 1.95. The van der Waals surface area contributed by atoms with Gasteiger partial charge in [-0.3, -0.25) is 9.05 Å². The zero-order valence-electron chi connectivity index (χ0n) is 31.8. The summed E-state index contributed by atoms with van der Waals surface area (Å²) in [5, 5.41) is 2.48. The molecular weight excluding hydrogens is 611 g/mol. The van der Waals surface area contributed by atoms with Crippen LogP contribution in [0.4, 0.5) is 28.4 Å². The molecule has 1 saturated heterocycles. The van der Waals surface area contributed by atoms with Gasteiger partial charge in [-0.1, -0.05) is 92.6 Å². The maximum Gasteiger partial charge on any atom is 0.181 e. The zero-order valence-corrected chi connectivity index (χ0v) is 31.8. The van der Waals surface area contributed by atoms with Crippen LogP contribution in [0.2, 0.25) is 0 Å². The molecular formula is C45H52N5+. The van der Waals surface area contributed by atoms with Crippen molar-refractivity contribution in [3.05, 3.63) is 121 Å². The van der Waals surface area contributed by atoms with Gasteiger partial charge in [0.25, 0.3) is 0 Å². The Kier molecular flexibility index (Phi) is 6.90. The minimum Gasteiger partial charge on any atom is -0.344 e. The molecule has 4 aromatic carbocycles. The second-order valence-corrected chi connectivity index (χ2v) is 18.1. The number of nitrogens with zero attached hydrogens (tertiary/aromatic N) is 5. The quantitative estimate of drug-likeness (QED) is 0.138. The van der Waals surface area contributed by atoms with Crippen molar-refractivity contribution in [1.29, 1.82) is 0 Å². The van der Waals surface area contributed by atoms with Crippen molar-refractivity contribution in [3.63, 3.8) is 0 Å². The first-order chi connectivity index (χ1) is 23.4. The predicted molar refractivity (Wildman–Crippen MR) is 214 cm³/mol. The zero-order chi connectivity index (χ0) is 35.6. The van der Waals surface area contributed by atoms with Crippen LogP contribution in [0.3, 0.4) is 0 Å². The third kappa shape index (κ3) is 4.92. The van der Waals surface area contributed by atoms with Crippen molar-refractivity contribution in [3.8, 4) is 5.82 Å². The molecule has 0 radical (unpaired) electrons. The molecule has 256 valence electrons. The van der Waals surface area contributed by atoms with E-state index < -0.39 is 0 Å². The van der Waals surface area contributed by atoms with Crippen molar-refractivity contribution >= 4 is 50.2 Å². The number of hydrogen-bond donors (Lipinski definition) is 0. The number of fused-ring (bicyclic) bond motifs is 3. The van der Waals surface area contributed by atoms with E-state index in [0.717, 1.165) is 32.7 Å². The molecule has 5 nitrogen and oxygen atoms in total. The molecule has 0 spiro atoms. The molecule has 2 atom stereocenters. The fraction of sp³-hybridized carbons (Fsp3) is 0.333. The Morgan fingerprint density at radius 1 is 0.640 bits per heavy atom. The van der Waals surface area contributed by atoms with Gasteiger partial charge in [0, 0.05) is 59.7 Å². The summed E-state index contributed by atoms with van der Waals surface area (Å²) >= 11 is 0. The Labute approximate surface area is 298 Å². The molecule has 0 unspecified atom stereocenters. The molecule has 2 aromatic heterocycles. The lowest BCUT2D eigenvalue weighted by atomic mass is 9.85. The average molecular weight is 663 g/mol. The van der Waals surface area contributed by atoms with Gasteiger partial charge < -0.3 is 9.38 Å². The van der Waals surface area contributed by atoms with Crippen molar-refractivity contribution in [2.45, 2.75) is 78.6 Å². The van der Waals surface area contributed by atoms with Crippen LogP contribution < -0.4 is 13.9 Å². The second kappa shape index (κ2) is 10.5. The number of hydrogen-bond acceptors (Lipinski definition) is 2. The lowest BCUT2D eigenvalue weighted by Gasteiger charge is -2.55. The molecule has 1 fully saturated rings. The summed E-state index contributed by atoms with van der Waals surface area (Å²) in [4.78, 5) is 7.29. The monoisotopic (exact) mass is 662 g/mol. The number of aromatic nitrogens is 2. The fourth-order valence-electron chi connectivity index (χ4n) is 8.20. The first-order valence-corrected chi connectivity index (χ1v) is 18.0. The van der Waals surface area contributed by atoms with Gasteiger partial charge >= 0.3 is 0 Å². The maximum atomic E-state index is 4.92. The van der Waals surface area contributed by atoms with E-state index in [-0.39, 0.29) is 16.2 Å². The molecule has 6 aromatic rings. The van der Waals surface area contributed by atoms with Crippen LogP contribution in [0.15, 0.2) is 97.2 Å². The van der Waals surface area contributed by atoms with E-state index in [0.29, 0.717) is 0 Å². The highest BCUT2D eigenvalue weighted by Crippen LogP contribution is 2.61. The normalized spacial score (nSPS) is 20.3. The number of anilines is 2. The lowest BCUT2D eigenvalue weighted by Crippen LogP contribution is -2.68. The highest BCUT2D eigenvalue weighted by molar-refractivity contribution is 6.10. The highest BCUT2D eigenvalue weighted by Gasteiger charge is 2.59. The number of pyridine rings is 1. The molecule has 3 aliphatic heterocycles. The van der Waals surface area contributed by atoms with Crippen molar-refractivity contribution < 1.29 is 0 Å². The summed E-state index contributed by atoms with van der Waals surface area (Å²) in [5.74, 6) is 0.952. The summed E-state index contributed by atoms with van der Waals surface area (Å²) in [6.45, 7) is 24.2. The molecule has 0 saturated carbocycles. The highest BCUT2D eigenvalue weighted by atomic mass is 15.7. The Bertz CT molecular complexity index is 2320. The van der Waals surface area contributed by atoms with E-state index in [9.17, 15) is 0 Å². The molecule has 2 bridgehead atoms. The largest absolute Gasteiger partial charge is 0.344 e. The summed E-state index contributed by atoms with van der Waals surface area (Å²) in [5.41, 5.74) is 12.9. The van der Waals surface area contributed by atoms with E-state index >= 15 is 0 Å². The van der Waals surface area contributed by atoms with Crippen molar-refractivity contribution in [2.75, 3.05) is 25.7 Å². The Hall–Kier alpha value is -4.45. The van der Waals surface area contributed by atoms with Crippen molar-refractivity contribution in [2.24, 2.45) is 0 Å². The minimum absolute atomic E-state index is 0.0110. The molecule has 5 heteroatoms. The van der Waals surface area contributed by atoms with Crippen LogP contribution in [0.1, 0.15) is 79.0 Å². The molecule has 9 rings (SSSR count). The predicted octanol–water partition coefficient (Wildman–Crippen LogP) is 11.5. The Morgan fingerprint density at radius 3 is 2.00 bits per heavy atom.